The predicted molar refractivity (Wildman–Crippen MR) is 77.0 cm³/mol. The third-order valence-corrected chi connectivity index (χ3v) is 2.98. The second-order valence-corrected chi connectivity index (χ2v) is 4.99. The zero-order valence-electron chi connectivity index (χ0n) is 12.1. The van der Waals surface area contributed by atoms with E-state index in [4.69, 9.17) is 10.5 Å². The molecule has 0 spiro atoms. The maximum absolute atomic E-state index is 12.7. The molecule has 1 aromatic carbocycles. The van der Waals surface area contributed by atoms with Gasteiger partial charge in [-0.15, -0.1) is 0 Å². The van der Waals surface area contributed by atoms with Crippen LogP contribution in [0.2, 0.25) is 0 Å². The number of ether oxygens (including phenoxy) is 1. The molecule has 0 saturated carbocycles. The topological polar surface area (TPSA) is 55.6 Å². The molecule has 4 nitrogen and oxygen atoms in total. The Labute approximate surface area is 119 Å². The first kappa shape index (κ1) is 16.4. The number of carbonyl (C=O) groups is 1. The van der Waals surface area contributed by atoms with Crippen LogP contribution in [0.25, 0.3) is 0 Å². The summed E-state index contributed by atoms with van der Waals surface area (Å²) in [7, 11) is 1.75. The number of hydrogen-bond acceptors (Lipinski definition) is 3. The normalized spacial score (nSPS) is 12.0. The molecule has 0 aromatic heterocycles. The molecule has 112 valence electrons. The van der Waals surface area contributed by atoms with Gasteiger partial charge in [0.05, 0.1) is 6.54 Å². The molecule has 1 rings (SSSR count). The molecule has 1 amide bonds. The lowest BCUT2D eigenvalue weighted by molar-refractivity contribution is -0.130. The molecule has 0 radical (unpaired) electrons. The first-order valence-electron chi connectivity index (χ1n) is 6.87. The molecular weight excluding hydrogens is 259 g/mol. The number of nitrogens with zero attached hydrogens (tertiary/aromatic N) is 1. The van der Waals surface area contributed by atoms with Crippen molar-refractivity contribution in [3.63, 3.8) is 0 Å². The Morgan fingerprint density at radius 3 is 2.65 bits per heavy atom. The smallest absolute Gasteiger partial charge is 0.222 e. The fraction of sp³-hybridized carbons (Fsp3) is 0.533. The SMILES string of the molecule is CC(N)CCCC(=O)N(C)CCOc1ccc(F)cc1. The van der Waals surface area contributed by atoms with Crippen molar-refractivity contribution in [3.8, 4) is 5.75 Å². The molecule has 1 atom stereocenters. The highest BCUT2D eigenvalue weighted by atomic mass is 19.1. The standard InChI is InChI=1S/C15H23FN2O2/c1-12(17)4-3-5-15(19)18(2)10-11-20-14-8-6-13(16)7-9-14/h6-9,12H,3-5,10-11,17H2,1-2H3. The molecule has 1 unspecified atom stereocenters. The minimum absolute atomic E-state index is 0.0911. The Hall–Kier alpha value is -1.62. The number of nitrogens with two attached hydrogens (primary N) is 1. The van der Waals surface area contributed by atoms with Crippen LogP contribution in [0.3, 0.4) is 0 Å². The summed E-state index contributed by atoms with van der Waals surface area (Å²) in [6, 6.07) is 5.96. The van der Waals surface area contributed by atoms with Gasteiger partial charge in [-0.1, -0.05) is 0 Å². The average molecular weight is 282 g/mol. The number of carbonyl (C=O) groups excluding carboxylic acids is 1. The van der Waals surface area contributed by atoms with E-state index in [-0.39, 0.29) is 17.8 Å². The zero-order chi connectivity index (χ0) is 15.0. The first-order valence-corrected chi connectivity index (χ1v) is 6.87. The maximum Gasteiger partial charge on any atom is 0.222 e. The molecule has 0 aliphatic rings. The molecule has 0 aliphatic carbocycles. The van der Waals surface area contributed by atoms with Gasteiger partial charge < -0.3 is 15.4 Å². The lowest BCUT2D eigenvalue weighted by atomic mass is 10.1. The van der Waals surface area contributed by atoms with E-state index in [1.54, 1.807) is 24.1 Å². The first-order chi connectivity index (χ1) is 9.49. The lowest BCUT2D eigenvalue weighted by Crippen LogP contribution is -2.31. The van der Waals surface area contributed by atoms with Crippen molar-refractivity contribution in [2.45, 2.75) is 32.2 Å². The van der Waals surface area contributed by atoms with Crippen LogP contribution in [0.5, 0.6) is 5.75 Å². The summed E-state index contributed by atoms with van der Waals surface area (Å²) in [5.41, 5.74) is 5.64. The molecule has 0 bridgehead atoms. The van der Waals surface area contributed by atoms with Crippen molar-refractivity contribution in [2.24, 2.45) is 5.73 Å². The minimum atomic E-state index is -0.293. The molecule has 0 aliphatic heterocycles. The third kappa shape index (κ3) is 6.52. The highest BCUT2D eigenvalue weighted by Crippen LogP contribution is 2.11. The fourth-order valence-corrected chi connectivity index (χ4v) is 1.72. The predicted octanol–water partition coefficient (Wildman–Crippen LogP) is 2.18. The van der Waals surface area contributed by atoms with Crippen LogP contribution < -0.4 is 10.5 Å². The Bertz CT molecular complexity index is 407. The van der Waals surface area contributed by atoms with Crippen LogP contribution in [0.4, 0.5) is 4.39 Å². The van der Waals surface area contributed by atoms with E-state index >= 15 is 0 Å². The van der Waals surface area contributed by atoms with Crippen LogP contribution in [-0.2, 0) is 4.79 Å². The number of amides is 1. The molecule has 0 saturated heterocycles. The van der Waals surface area contributed by atoms with E-state index in [1.807, 2.05) is 6.92 Å². The molecule has 20 heavy (non-hydrogen) atoms. The van der Waals surface area contributed by atoms with Crippen molar-refractivity contribution in [2.75, 3.05) is 20.2 Å². The van der Waals surface area contributed by atoms with Crippen molar-refractivity contribution < 1.29 is 13.9 Å². The largest absolute Gasteiger partial charge is 0.492 e. The van der Waals surface area contributed by atoms with Crippen LogP contribution in [0.15, 0.2) is 24.3 Å². The van der Waals surface area contributed by atoms with Gasteiger partial charge in [0.2, 0.25) is 5.91 Å². The van der Waals surface area contributed by atoms with E-state index in [9.17, 15) is 9.18 Å². The number of hydrogen-bond donors (Lipinski definition) is 1. The maximum atomic E-state index is 12.7. The van der Waals surface area contributed by atoms with E-state index in [2.05, 4.69) is 0 Å². The molecule has 0 heterocycles. The van der Waals surface area contributed by atoms with Gasteiger partial charge in [-0.05, 0) is 44.0 Å². The molecule has 0 fully saturated rings. The summed E-state index contributed by atoms with van der Waals surface area (Å²) >= 11 is 0. The van der Waals surface area contributed by atoms with Gasteiger partial charge in [0, 0.05) is 19.5 Å². The summed E-state index contributed by atoms with van der Waals surface area (Å²) in [6.45, 7) is 2.83. The second kappa shape index (κ2) is 8.53. The van der Waals surface area contributed by atoms with Gasteiger partial charge in [-0.2, -0.15) is 0 Å². The number of benzene rings is 1. The summed E-state index contributed by atoms with van der Waals surface area (Å²) in [5, 5.41) is 0. The molecular formula is C15H23FN2O2. The van der Waals surface area contributed by atoms with Crippen LogP contribution in [0, 0.1) is 5.82 Å². The van der Waals surface area contributed by atoms with Crippen LogP contribution in [-0.4, -0.2) is 37.0 Å². The Morgan fingerprint density at radius 2 is 2.05 bits per heavy atom. The van der Waals surface area contributed by atoms with Gasteiger partial charge >= 0.3 is 0 Å². The lowest BCUT2D eigenvalue weighted by Gasteiger charge is -2.17. The van der Waals surface area contributed by atoms with Crippen molar-refractivity contribution in [1.82, 2.24) is 4.90 Å². The Kier molecular flexibility index (Phi) is 7.01. The van der Waals surface area contributed by atoms with E-state index in [1.165, 1.54) is 12.1 Å². The van der Waals surface area contributed by atoms with Crippen LogP contribution in [0.1, 0.15) is 26.2 Å². The zero-order valence-corrected chi connectivity index (χ0v) is 12.1. The van der Waals surface area contributed by atoms with Gasteiger partial charge in [-0.25, -0.2) is 4.39 Å². The van der Waals surface area contributed by atoms with Gasteiger partial charge in [0.25, 0.3) is 0 Å². The van der Waals surface area contributed by atoms with Crippen LogP contribution >= 0.6 is 0 Å². The highest BCUT2D eigenvalue weighted by molar-refractivity contribution is 5.75. The van der Waals surface area contributed by atoms with Crippen molar-refractivity contribution in [1.29, 1.82) is 0 Å². The summed E-state index contributed by atoms with van der Waals surface area (Å²) in [4.78, 5) is 13.4. The van der Waals surface area contributed by atoms with Crippen molar-refractivity contribution >= 4 is 5.91 Å². The Balaban J connectivity index is 2.20. The quantitative estimate of drug-likeness (QED) is 0.795. The molecule has 5 heteroatoms. The van der Waals surface area contributed by atoms with E-state index in [0.717, 1.165) is 12.8 Å². The molecule has 1 aromatic rings. The summed E-state index contributed by atoms with van der Waals surface area (Å²) in [6.07, 6.45) is 2.17. The highest BCUT2D eigenvalue weighted by Gasteiger charge is 2.08. The van der Waals surface area contributed by atoms with E-state index < -0.39 is 0 Å². The monoisotopic (exact) mass is 282 g/mol. The van der Waals surface area contributed by atoms with Gasteiger partial charge in [0.1, 0.15) is 18.2 Å². The number of likely N-dealkylation sites (N-methyl/N-ethyl adjacent to an activating group) is 1. The minimum Gasteiger partial charge on any atom is -0.492 e. The van der Waals surface area contributed by atoms with Crippen molar-refractivity contribution in [3.05, 3.63) is 30.1 Å². The second-order valence-electron chi connectivity index (χ2n) is 4.99. The fourth-order valence-electron chi connectivity index (χ4n) is 1.72. The molecule has 2 N–H and O–H groups in total. The third-order valence-electron chi connectivity index (χ3n) is 2.98. The Morgan fingerprint density at radius 1 is 1.40 bits per heavy atom. The van der Waals surface area contributed by atoms with Gasteiger partial charge in [0.15, 0.2) is 0 Å². The average Bonchev–Trinajstić information content (AvgIpc) is 2.40. The number of rotatable bonds is 8. The number of halogens is 1. The summed E-state index contributed by atoms with van der Waals surface area (Å²) in [5.74, 6) is 0.399. The summed E-state index contributed by atoms with van der Waals surface area (Å²) < 4.78 is 18.1. The van der Waals surface area contributed by atoms with Gasteiger partial charge in [-0.3, -0.25) is 4.79 Å². The van der Waals surface area contributed by atoms with E-state index in [0.29, 0.717) is 25.3 Å².